The molecule has 1 atom stereocenters. The molecule has 3 heterocycles. The van der Waals surface area contributed by atoms with E-state index in [4.69, 9.17) is 0 Å². The second-order valence-electron chi connectivity index (χ2n) is 6.41. The number of rotatable bonds is 3. The lowest BCUT2D eigenvalue weighted by Gasteiger charge is -2.36. The van der Waals surface area contributed by atoms with Crippen LogP contribution in [-0.2, 0) is 0 Å². The summed E-state index contributed by atoms with van der Waals surface area (Å²) in [5, 5.41) is 7.91. The van der Waals surface area contributed by atoms with Gasteiger partial charge in [0.25, 0.3) is 5.91 Å². The summed E-state index contributed by atoms with van der Waals surface area (Å²) in [5.74, 6) is 0.0139. The van der Waals surface area contributed by atoms with Gasteiger partial charge in [-0.1, -0.05) is 24.3 Å². The Labute approximate surface area is 164 Å². The molecule has 2 aromatic heterocycles. The summed E-state index contributed by atoms with van der Waals surface area (Å²) in [7, 11) is 0. The summed E-state index contributed by atoms with van der Waals surface area (Å²) in [6.07, 6.45) is 5.41. The minimum Gasteiger partial charge on any atom is -0.329 e. The van der Waals surface area contributed by atoms with Crippen LogP contribution in [-0.4, -0.2) is 45.2 Å². The number of carbonyl (C=O) groups is 1. The summed E-state index contributed by atoms with van der Waals surface area (Å²) in [6, 6.07) is 13.7. The van der Waals surface area contributed by atoms with E-state index < -0.39 is 0 Å². The number of halogens is 1. The molecule has 0 saturated carbocycles. The van der Waals surface area contributed by atoms with Crippen molar-refractivity contribution in [2.75, 3.05) is 19.6 Å². The van der Waals surface area contributed by atoms with Crippen LogP contribution in [0.2, 0.25) is 0 Å². The Morgan fingerprint density at radius 2 is 2.00 bits per heavy atom. The average Bonchev–Trinajstić information content (AvgIpc) is 3.10. The molecule has 1 amide bonds. The molecule has 1 aromatic carbocycles. The average molecular weight is 384 g/mol. The summed E-state index contributed by atoms with van der Waals surface area (Å²) >= 11 is 0. The number of aromatic nitrogens is 3. The number of carbonyl (C=O) groups excluding carboxylic acids is 1. The fraction of sp³-hybridized carbons (Fsp3) is 0.250. The fourth-order valence-electron chi connectivity index (χ4n) is 3.36. The molecule has 1 aliphatic heterocycles. The van der Waals surface area contributed by atoms with Gasteiger partial charge in [-0.25, -0.2) is 4.68 Å². The van der Waals surface area contributed by atoms with E-state index in [0.717, 1.165) is 30.0 Å². The van der Waals surface area contributed by atoms with Crippen molar-refractivity contribution in [1.82, 2.24) is 25.0 Å². The van der Waals surface area contributed by atoms with Crippen LogP contribution in [0.5, 0.6) is 0 Å². The van der Waals surface area contributed by atoms with E-state index in [9.17, 15) is 4.79 Å². The molecule has 0 bridgehead atoms. The van der Waals surface area contributed by atoms with Gasteiger partial charge < -0.3 is 10.2 Å². The number of hydrogen-bond acceptors (Lipinski definition) is 4. The normalized spacial score (nSPS) is 16.6. The van der Waals surface area contributed by atoms with Crippen LogP contribution >= 0.6 is 12.4 Å². The highest BCUT2D eigenvalue weighted by Crippen LogP contribution is 2.24. The zero-order valence-electron chi connectivity index (χ0n) is 15.1. The predicted molar refractivity (Wildman–Crippen MR) is 106 cm³/mol. The SMILES string of the molecule is Cc1nn(-c2ccccc2)cc1C(=O)N1CCNCC1c1cccnc1.Cl. The first kappa shape index (κ1) is 19.1. The van der Waals surface area contributed by atoms with Gasteiger partial charge in [0.05, 0.1) is 23.0 Å². The van der Waals surface area contributed by atoms with E-state index in [1.54, 1.807) is 10.9 Å². The minimum atomic E-state index is -0.0237. The first-order chi connectivity index (χ1) is 12.7. The third-order valence-corrected chi connectivity index (χ3v) is 4.72. The van der Waals surface area contributed by atoms with Crippen molar-refractivity contribution >= 4 is 18.3 Å². The topological polar surface area (TPSA) is 63.1 Å². The highest BCUT2D eigenvalue weighted by Gasteiger charge is 2.30. The number of piperazine rings is 1. The zero-order chi connectivity index (χ0) is 17.9. The van der Waals surface area contributed by atoms with Gasteiger partial charge in [-0.15, -0.1) is 12.4 Å². The molecule has 4 rings (SSSR count). The summed E-state index contributed by atoms with van der Waals surface area (Å²) < 4.78 is 1.77. The zero-order valence-corrected chi connectivity index (χ0v) is 15.9. The lowest BCUT2D eigenvalue weighted by molar-refractivity contribution is 0.0633. The first-order valence-electron chi connectivity index (χ1n) is 8.77. The molecule has 1 aliphatic rings. The smallest absolute Gasteiger partial charge is 0.257 e. The molecule has 1 unspecified atom stereocenters. The molecule has 1 fully saturated rings. The number of hydrogen-bond donors (Lipinski definition) is 1. The van der Waals surface area contributed by atoms with Crippen molar-refractivity contribution in [2.45, 2.75) is 13.0 Å². The van der Waals surface area contributed by atoms with Crippen molar-refractivity contribution in [3.63, 3.8) is 0 Å². The largest absolute Gasteiger partial charge is 0.329 e. The highest BCUT2D eigenvalue weighted by molar-refractivity contribution is 5.95. The lowest BCUT2D eigenvalue weighted by atomic mass is 10.0. The molecule has 7 heteroatoms. The third kappa shape index (κ3) is 3.86. The van der Waals surface area contributed by atoms with E-state index in [0.29, 0.717) is 12.1 Å². The molecule has 0 aliphatic carbocycles. The maximum atomic E-state index is 13.3. The molecule has 140 valence electrons. The van der Waals surface area contributed by atoms with Gasteiger partial charge in [0.1, 0.15) is 0 Å². The molecule has 0 spiro atoms. The maximum absolute atomic E-state index is 13.3. The Bertz CT molecular complexity index is 897. The molecule has 0 radical (unpaired) electrons. The predicted octanol–water partition coefficient (Wildman–Crippen LogP) is 2.78. The van der Waals surface area contributed by atoms with Gasteiger partial charge in [0, 0.05) is 38.2 Å². The molecule has 6 nitrogen and oxygen atoms in total. The molecule has 1 saturated heterocycles. The van der Waals surface area contributed by atoms with Gasteiger partial charge in [0.15, 0.2) is 0 Å². The molecule has 1 N–H and O–H groups in total. The Morgan fingerprint density at radius 3 is 2.74 bits per heavy atom. The van der Waals surface area contributed by atoms with Crippen molar-refractivity contribution in [3.05, 3.63) is 77.9 Å². The Kier molecular flexibility index (Phi) is 5.88. The van der Waals surface area contributed by atoms with Crippen LogP contribution < -0.4 is 5.32 Å². The monoisotopic (exact) mass is 383 g/mol. The second-order valence-corrected chi connectivity index (χ2v) is 6.41. The Hall–Kier alpha value is -2.70. The van der Waals surface area contributed by atoms with Crippen LogP contribution in [0.15, 0.2) is 61.1 Å². The highest BCUT2D eigenvalue weighted by atomic mass is 35.5. The second kappa shape index (κ2) is 8.33. The number of benzene rings is 1. The van der Waals surface area contributed by atoms with Crippen LogP contribution in [0.4, 0.5) is 0 Å². The quantitative estimate of drug-likeness (QED) is 0.755. The molecular formula is C20H22ClN5O. The first-order valence-corrected chi connectivity index (χ1v) is 8.77. The molecule has 27 heavy (non-hydrogen) atoms. The summed E-state index contributed by atoms with van der Waals surface area (Å²) in [4.78, 5) is 19.4. The van der Waals surface area contributed by atoms with E-state index >= 15 is 0 Å². The third-order valence-electron chi connectivity index (χ3n) is 4.72. The van der Waals surface area contributed by atoms with Gasteiger partial charge in [-0.05, 0) is 30.7 Å². The van der Waals surface area contributed by atoms with Gasteiger partial charge in [-0.3, -0.25) is 9.78 Å². The number of amides is 1. The van der Waals surface area contributed by atoms with Gasteiger partial charge in [-0.2, -0.15) is 5.10 Å². The molecular weight excluding hydrogens is 362 g/mol. The van der Waals surface area contributed by atoms with Crippen LogP contribution in [0.25, 0.3) is 5.69 Å². The lowest BCUT2D eigenvalue weighted by Crippen LogP contribution is -2.48. The van der Waals surface area contributed by atoms with E-state index in [1.165, 1.54) is 0 Å². The minimum absolute atomic E-state index is 0. The van der Waals surface area contributed by atoms with Crippen molar-refractivity contribution < 1.29 is 4.79 Å². The van der Waals surface area contributed by atoms with Gasteiger partial charge >= 0.3 is 0 Å². The van der Waals surface area contributed by atoms with Crippen molar-refractivity contribution in [2.24, 2.45) is 0 Å². The number of nitrogens with one attached hydrogen (secondary N) is 1. The number of para-hydroxylation sites is 1. The fourth-order valence-corrected chi connectivity index (χ4v) is 3.36. The number of pyridine rings is 1. The Morgan fingerprint density at radius 1 is 1.19 bits per heavy atom. The van der Waals surface area contributed by atoms with E-state index in [2.05, 4.69) is 15.4 Å². The van der Waals surface area contributed by atoms with Crippen molar-refractivity contribution in [3.8, 4) is 5.69 Å². The van der Waals surface area contributed by atoms with Crippen LogP contribution in [0, 0.1) is 6.92 Å². The van der Waals surface area contributed by atoms with Crippen LogP contribution in [0.3, 0.4) is 0 Å². The molecule has 3 aromatic rings. The summed E-state index contributed by atoms with van der Waals surface area (Å²) in [6.45, 7) is 4.06. The maximum Gasteiger partial charge on any atom is 0.257 e. The number of nitrogens with zero attached hydrogens (tertiary/aromatic N) is 4. The van der Waals surface area contributed by atoms with Crippen molar-refractivity contribution in [1.29, 1.82) is 0 Å². The standard InChI is InChI=1S/C20H21N5O.ClH/c1-15-18(14-25(23-15)17-7-3-2-4-8-17)20(26)24-11-10-22-13-19(24)16-6-5-9-21-12-16;/h2-9,12,14,19,22H,10-11,13H2,1H3;1H. The summed E-state index contributed by atoms with van der Waals surface area (Å²) in [5.41, 5.74) is 3.37. The van der Waals surface area contributed by atoms with Crippen LogP contribution in [0.1, 0.15) is 27.7 Å². The van der Waals surface area contributed by atoms with E-state index in [1.807, 2.05) is 66.7 Å². The Balaban J connectivity index is 0.00000210. The van der Waals surface area contributed by atoms with Gasteiger partial charge in [0.2, 0.25) is 0 Å². The van der Waals surface area contributed by atoms with E-state index in [-0.39, 0.29) is 24.4 Å². The number of aryl methyl sites for hydroxylation is 1.